The van der Waals surface area contributed by atoms with Crippen molar-refractivity contribution < 1.29 is 4.74 Å². The highest BCUT2D eigenvalue weighted by Crippen LogP contribution is 2.34. The summed E-state index contributed by atoms with van der Waals surface area (Å²) in [7, 11) is 0. The van der Waals surface area contributed by atoms with Crippen LogP contribution in [0.3, 0.4) is 0 Å². The zero-order valence-electron chi connectivity index (χ0n) is 11.9. The smallest absolute Gasteiger partial charge is 0.0810 e. The Morgan fingerprint density at radius 1 is 1.26 bits per heavy atom. The normalized spacial score (nSPS) is 18.1. The fourth-order valence-corrected chi connectivity index (χ4v) is 3.03. The first-order chi connectivity index (χ1) is 9.11. The summed E-state index contributed by atoms with van der Waals surface area (Å²) in [6, 6.07) is 8.83. The van der Waals surface area contributed by atoms with E-state index in [9.17, 15) is 0 Å². The molecule has 0 bridgehead atoms. The predicted molar refractivity (Wildman–Crippen MR) is 83.3 cm³/mol. The van der Waals surface area contributed by atoms with Gasteiger partial charge < -0.3 is 10.1 Å². The van der Waals surface area contributed by atoms with Crippen LogP contribution in [-0.4, -0.2) is 18.2 Å². The second-order valence-corrected chi connectivity index (χ2v) is 6.66. The highest BCUT2D eigenvalue weighted by atomic mass is 79.9. The average molecular weight is 326 g/mol. The Morgan fingerprint density at radius 2 is 1.95 bits per heavy atom. The van der Waals surface area contributed by atoms with Crippen LogP contribution in [0, 0.1) is 0 Å². The van der Waals surface area contributed by atoms with Crippen molar-refractivity contribution in [2.75, 3.05) is 6.54 Å². The van der Waals surface area contributed by atoms with Crippen LogP contribution in [0.25, 0.3) is 0 Å². The van der Waals surface area contributed by atoms with Crippen molar-refractivity contribution >= 4 is 15.9 Å². The molecule has 0 spiro atoms. The van der Waals surface area contributed by atoms with Crippen molar-refractivity contribution in [1.29, 1.82) is 0 Å². The van der Waals surface area contributed by atoms with Gasteiger partial charge in [-0.1, -0.05) is 60.8 Å². The summed E-state index contributed by atoms with van der Waals surface area (Å²) >= 11 is 3.59. The summed E-state index contributed by atoms with van der Waals surface area (Å²) in [5.74, 6) is 0. The Bertz CT molecular complexity index is 399. The van der Waals surface area contributed by atoms with Gasteiger partial charge in [-0.2, -0.15) is 0 Å². The monoisotopic (exact) mass is 325 g/mol. The van der Waals surface area contributed by atoms with Crippen molar-refractivity contribution in [1.82, 2.24) is 5.32 Å². The topological polar surface area (TPSA) is 21.3 Å². The summed E-state index contributed by atoms with van der Waals surface area (Å²) in [6.45, 7) is 6.04. The van der Waals surface area contributed by atoms with Gasteiger partial charge in [-0.25, -0.2) is 0 Å². The van der Waals surface area contributed by atoms with Crippen LogP contribution < -0.4 is 5.32 Å². The van der Waals surface area contributed by atoms with Gasteiger partial charge in [-0.05, 0) is 24.5 Å². The maximum Gasteiger partial charge on any atom is 0.0810 e. The van der Waals surface area contributed by atoms with Crippen LogP contribution in [0.5, 0.6) is 0 Å². The second-order valence-electron chi connectivity index (χ2n) is 5.81. The lowest BCUT2D eigenvalue weighted by Gasteiger charge is -2.31. The highest BCUT2D eigenvalue weighted by Gasteiger charge is 2.34. The first-order valence-electron chi connectivity index (χ1n) is 7.22. The Labute approximate surface area is 125 Å². The standard InChI is InChI=1S/C16H24BrNO/c1-13(2)18-12-16(9-5-6-10-16)19-11-14-7-3-4-8-15(14)17/h3-4,7-8,13,18H,5-6,9-12H2,1-2H3. The first-order valence-corrected chi connectivity index (χ1v) is 8.01. The third-order valence-corrected chi connectivity index (χ3v) is 4.61. The molecule has 2 rings (SSSR count). The maximum absolute atomic E-state index is 6.32. The zero-order chi connectivity index (χ0) is 13.7. The van der Waals surface area contributed by atoms with E-state index in [2.05, 4.69) is 53.3 Å². The van der Waals surface area contributed by atoms with Crippen LogP contribution in [0.2, 0.25) is 0 Å². The molecule has 19 heavy (non-hydrogen) atoms. The first kappa shape index (κ1) is 15.0. The fourth-order valence-electron chi connectivity index (χ4n) is 2.63. The molecule has 0 atom stereocenters. The zero-order valence-corrected chi connectivity index (χ0v) is 13.5. The summed E-state index contributed by atoms with van der Waals surface area (Å²) < 4.78 is 7.45. The molecule has 0 aliphatic heterocycles. The molecule has 0 radical (unpaired) electrons. The highest BCUT2D eigenvalue weighted by molar-refractivity contribution is 9.10. The molecule has 1 aromatic rings. The van der Waals surface area contributed by atoms with E-state index in [0.29, 0.717) is 12.6 Å². The molecule has 0 aromatic heterocycles. The number of nitrogens with one attached hydrogen (secondary N) is 1. The SMILES string of the molecule is CC(C)NCC1(OCc2ccccc2Br)CCCC1. The molecule has 2 nitrogen and oxygen atoms in total. The summed E-state index contributed by atoms with van der Waals surface area (Å²) in [4.78, 5) is 0. The lowest BCUT2D eigenvalue weighted by Crippen LogP contribution is -2.43. The van der Waals surface area contributed by atoms with Gasteiger partial charge in [-0.3, -0.25) is 0 Å². The molecular weight excluding hydrogens is 302 g/mol. The molecule has 1 N–H and O–H groups in total. The van der Waals surface area contributed by atoms with E-state index in [1.54, 1.807) is 0 Å². The number of halogens is 1. The number of rotatable bonds is 6. The minimum atomic E-state index is 0.0412. The van der Waals surface area contributed by atoms with Gasteiger partial charge in [0.2, 0.25) is 0 Å². The van der Waals surface area contributed by atoms with E-state index in [4.69, 9.17) is 4.74 Å². The number of benzene rings is 1. The molecule has 1 saturated carbocycles. The molecule has 106 valence electrons. The largest absolute Gasteiger partial charge is 0.369 e. The summed E-state index contributed by atoms with van der Waals surface area (Å²) in [6.07, 6.45) is 4.93. The van der Waals surface area contributed by atoms with Crippen LogP contribution in [0.1, 0.15) is 45.1 Å². The molecule has 1 aromatic carbocycles. The van der Waals surface area contributed by atoms with E-state index >= 15 is 0 Å². The van der Waals surface area contributed by atoms with E-state index in [-0.39, 0.29) is 5.60 Å². The molecule has 0 unspecified atom stereocenters. The van der Waals surface area contributed by atoms with E-state index < -0.39 is 0 Å². The minimum Gasteiger partial charge on any atom is -0.369 e. The van der Waals surface area contributed by atoms with Gasteiger partial charge in [0.25, 0.3) is 0 Å². The number of hydrogen-bond donors (Lipinski definition) is 1. The van der Waals surface area contributed by atoms with Crippen LogP contribution >= 0.6 is 15.9 Å². The van der Waals surface area contributed by atoms with Crippen LogP contribution in [-0.2, 0) is 11.3 Å². The van der Waals surface area contributed by atoms with Crippen molar-refractivity contribution in [3.8, 4) is 0 Å². The number of hydrogen-bond acceptors (Lipinski definition) is 2. The summed E-state index contributed by atoms with van der Waals surface area (Å²) in [5, 5.41) is 3.54. The fraction of sp³-hybridized carbons (Fsp3) is 0.625. The molecule has 1 fully saturated rings. The van der Waals surface area contributed by atoms with E-state index in [1.165, 1.54) is 31.2 Å². The Morgan fingerprint density at radius 3 is 2.58 bits per heavy atom. The van der Waals surface area contributed by atoms with Gasteiger partial charge in [0.05, 0.1) is 12.2 Å². The quantitative estimate of drug-likeness (QED) is 0.843. The van der Waals surface area contributed by atoms with E-state index in [1.807, 2.05) is 6.07 Å². The Kier molecular flexibility index (Phi) is 5.43. The Balaban J connectivity index is 1.95. The van der Waals surface area contributed by atoms with Crippen LogP contribution in [0.15, 0.2) is 28.7 Å². The van der Waals surface area contributed by atoms with Gasteiger partial charge in [0.15, 0.2) is 0 Å². The van der Waals surface area contributed by atoms with Crippen molar-refractivity contribution in [2.24, 2.45) is 0 Å². The van der Waals surface area contributed by atoms with Gasteiger partial charge in [0.1, 0.15) is 0 Å². The van der Waals surface area contributed by atoms with Gasteiger partial charge >= 0.3 is 0 Å². The molecule has 0 saturated heterocycles. The lowest BCUT2D eigenvalue weighted by atomic mass is 10.0. The van der Waals surface area contributed by atoms with Crippen molar-refractivity contribution in [3.05, 3.63) is 34.3 Å². The molecule has 1 aliphatic rings. The number of ether oxygens (including phenoxy) is 1. The van der Waals surface area contributed by atoms with E-state index in [0.717, 1.165) is 11.0 Å². The van der Waals surface area contributed by atoms with Crippen molar-refractivity contribution in [2.45, 2.75) is 57.8 Å². The Hall–Kier alpha value is -0.380. The molecule has 1 aliphatic carbocycles. The summed E-state index contributed by atoms with van der Waals surface area (Å²) in [5.41, 5.74) is 1.28. The maximum atomic E-state index is 6.32. The molecule has 0 amide bonds. The average Bonchev–Trinajstić information content (AvgIpc) is 2.85. The molecule has 3 heteroatoms. The second kappa shape index (κ2) is 6.87. The van der Waals surface area contributed by atoms with Crippen LogP contribution in [0.4, 0.5) is 0 Å². The third-order valence-electron chi connectivity index (χ3n) is 3.84. The van der Waals surface area contributed by atoms with Gasteiger partial charge in [0, 0.05) is 17.1 Å². The lowest BCUT2D eigenvalue weighted by molar-refractivity contribution is -0.0516. The third kappa shape index (κ3) is 4.30. The molecular formula is C16H24BrNO. The van der Waals surface area contributed by atoms with Gasteiger partial charge in [-0.15, -0.1) is 0 Å². The van der Waals surface area contributed by atoms with Crippen molar-refractivity contribution in [3.63, 3.8) is 0 Å². The minimum absolute atomic E-state index is 0.0412. The predicted octanol–water partition coefficient (Wildman–Crippen LogP) is 4.28. The molecule has 0 heterocycles.